The van der Waals surface area contributed by atoms with Crippen LogP contribution >= 0.6 is 11.6 Å². The molecule has 0 bridgehead atoms. The Labute approximate surface area is 121 Å². The van der Waals surface area contributed by atoms with E-state index in [0.717, 1.165) is 17.7 Å². The lowest BCUT2D eigenvalue weighted by atomic mass is 10.2. The fourth-order valence-corrected chi connectivity index (χ4v) is 2.22. The first-order valence-electron chi connectivity index (χ1n) is 6.44. The van der Waals surface area contributed by atoms with Gasteiger partial charge in [-0.05, 0) is 24.1 Å². The second kappa shape index (κ2) is 5.46. The molecule has 3 aromatic rings. The van der Waals surface area contributed by atoms with Gasteiger partial charge in [-0.2, -0.15) is 9.97 Å². The third kappa shape index (κ3) is 2.44. The highest BCUT2D eigenvalue weighted by molar-refractivity contribution is 6.28. The van der Waals surface area contributed by atoms with Gasteiger partial charge in [0.15, 0.2) is 17.0 Å². The summed E-state index contributed by atoms with van der Waals surface area (Å²) in [5, 5.41) is 3.50. The number of benzene rings is 1. The molecule has 20 heavy (non-hydrogen) atoms. The number of hydrogen-bond acceptors (Lipinski definition) is 4. The van der Waals surface area contributed by atoms with E-state index in [9.17, 15) is 0 Å². The monoisotopic (exact) mass is 287 g/mol. The second-order valence-corrected chi connectivity index (χ2v) is 4.72. The maximum absolute atomic E-state index is 5.99. The minimum atomic E-state index is 0.225. The summed E-state index contributed by atoms with van der Waals surface area (Å²) in [5.41, 5.74) is 2.67. The van der Waals surface area contributed by atoms with Gasteiger partial charge in [0.1, 0.15) is 0 Å². The molecule has 2 aromatic heterocycles. The lowest BCUT2D eigenvalue weighted by Crippen LogP contribution is -2.04. The van der Waals surface area contributed by atoms with Crippen LogP contribution in [0, 0.1) is 0 Å². The number of anilines is 1. The van der Waals surface area contributed by atoms with E-state index < -0.39 is 0 Å². The fourth-order valence-electron chi connectivity index (χ4n) is 2.05. The highest BCUT2D eigenvalue weighted by Crippen LogP contribution is 2.21. The maximum Gasteiger partial charge on any atom is 0.226 e. The Hall–Kier alpha value is -2.14. The molecule has 0 aliphatic rings. The molecule has 1 N–H and O–H groups in total. The third-order valence-electron chi connectivity index (χ3n) is 3.08. The first-order chi connectivity index (χ1) is 9.78. The smallest absolute Gasteiger partial charge is 0.226 e. The summed E-state index contributed by atoms with van der Waals surface area (Å²) in [6.07, 6.45) is 1.75. The molecule has 3 rings (SSSR count). The van der Waals surface area contributed by atoms with Crippen molar-refractivity contribution in [3.63, 3.8) is 0 Å². The Morgan fingerprint density at radius 3 is 2.75 bits per heavy atom. The van der Waals surface area contributed by atoms with Crippen molar-refractivity contribution in [1.82, 2.24) is 19.5 Å². The Balaban J connectivity index is 1.93. The standard InChI is InChI=1S/C14H14ClN5/c1-2-20-9-17-11-12(18-14(15)19-13(11)20)16-8-10-6-4-3-5-7-10/h3-7,9H,2,8H2,1H3,(H,16,18,19). The third-order valence-corrected chi connectivity index (χ3v) is 3.25. The number of hydrogen-bond donors (Lipinski definition) is 1. The molecule has 6 heteroatoms. The molecule has 0 saturated carbocycles. The summed E-state index contributed by atoms with van der Waals surface area (Å²) in [6, 6.07) is 10.1. The Morgan fingerprint density at radius 2 is 2.00 bits per heavy atom. The first kappa shape index (κ1) is 12.9. The summed E-state index contributed by atoms with van der Waals surface area (Å²) >= 11 is 5.99. The van der Waals surface area contributed by atoms with E-state index in [4.69, 9.17) is 11.6 Å². The topological polar surface area (TPSA) is 55.6 Å². The number of rotatable bonds is 4. The maximum atomic E-state index is 5.99. The second-order valence-electron chi connectivity index (χ2n) is 4.38. The number of imidazole rings is 1. The van der Waals surface area contributed by atoms with Gasteiger partial charge in [-0.25, -0.2) is 4.98 Å². The molecule has 1 aromatic carbocycles. The van der Waals surface area contributed by atoms with E-state index >= 15 is 0 Å². The SMILES string of the molecule is CCn1cnc2c(NCc3ccccc3)nc(Cl)nc21. The van der Waals surface area contributed by atoms with Crippen LogP contribution in [0.15, 0.2) is 36.7 Å². The van der Waals surface area contributed by atoms with Crippen molar-refractivity contribution in [3.05, 3.63) is 47.5 Å². The van der Waals surface area contributed by atoms with Crippen LogP contribution in [-0.2, 0) is 13.1 Å². The van der Waals surface area contributed by atoms with E-state index in [0.29, 0.717) is 12.4 Å². The average Bonchev–Trinajstić information content (AvgIpc) is 2.88. The molecule has 0 spiro atoms. The number of aryl methyl sites for hydroxylation is 1. The van der Waals surface area contributed by atoms with Gasteiger partial charge in [0.05, 0.1) is 6.33 Å². The van der Waals surface area contributed by atoms with Crippen LogP contribution < -0.4 is 5.32 Å². The number of nitrogens with zero attached hydrogens (tertiary/aromatic N) is 4. The van der Waals surface area contributed by atoms with Crippen molar-refractivity contribution in [2.24, 2.45) is 0 Å². The van der Waals surface area contributed by atoms with Gasteiger partial charge in [0.25, 0.3) is 0 Å². The van der Waals surface area contributed by atoms with Crippen LogP contribution in [0.25, 0.3) is 11.2 Å². The van der Waals surface area contributed by atoms with Crippen molar-refractivity contribution >= 4 is 28.6 Å². The molecule has 0 unspecified atom stereocenters. The molecule has 5 nitrogen and oxygen atoms in total. The highest BCUT2D eigenvalue weighted by Gasteiger charge is 2.11. The van der Waals surface area contributed by atoms with Gasteiger partial charge in [-0.1, -0.05) is 30.3 Å². The molecule has 102 valence electrons. The van der Waals surface area contributed by atoms with E-state index in [-0.39, 0.29) is 5.28 Å². The van der Waals surface area contributed by atoms with Crippen LogP contribution in [0.4, 0.5) is 5.82 Å². The van der Waals surface area contributed by atoms with Gasteiger partial charge in [-0.3, -0.25) is 0 Å². The zero-order chi connectivity index (χ0) is 13.9. The molecule has 0 aliphatic heterocycles. The molecule has 0 radical (unpaired) electrons. The fraction of sp³-hybridized carbons (Fsp3) is 0.214. The van der Waals surface area contributed by atoms with Crippen molar-refractivity contribution in [3.8, 4) is 0 Å². The molecular formula is C14H14ClN5. The predicted molar refractivity (Wildman–Crippen MR) is 79.8 cm³/mol. The Morgan fingerprint density at radius 1 is 1.20 bits per heavy atom. The summed E-state index contributed by atoms with van der Waals surface area (Å²) in [4.78, 5) is 12.8. The summed E-state index contributed by atoms with van der Waals surface area (Å²) < 4.78 is 1.94. The number of halogens is 1. The van der Waals surface area contributed by atoms with Gasteiger partial charge >= 0.3 is 0 Å². The van der Waals surface area contributed by atoms with Gasteiger partial charge in [0, 0.05) is 13.1 Å². The van der Waals surface area contributed by atoms with Crippen molar-refractivity contribution in [2.45, 2.75) is 20.0 Å². The molecule has 0 amide bonds. The van der Waals surface area contributed by atoms with E-state index in [2.05, 4.69) is 32.4 Å². The first-order valence-corrected chi connectivity index (χ1v) is 6.82. The van der Waals surface area contributed by atoms with E-state index in [1.54, 1.807) is 6.33 Å². The largest absolute Gasteiger partial charge is 0.364 e. The minimum Gasteiger partial charge on any atom is -0.364 e. The number of nitrogens with one attached hydrogen (secondary N) is 1. The Kier molecular flexibility index (Phi) is 3.52. The summed E-state index contributed by atoms with van der Waals surface area (Å²) in [5.74, 6) is 0.663. The average molecular weight is 288 g/mol. The van der Waals surface area contributed by atoms with E-state index in [1.807, 2.05) is 29.7 Å². The van der Waals surface area contributed by atoms with Gasteiger partial charge in [0.2, 0.25) is 5.28 Å². The molecule has 0 saturated heterocycles. The number of fused-ring (bicyclic) bond motifs is 1. The molecule has 0 atom stereocenters. The van der Waals surface area contributed by atoms with Crippen LogP contribution in [-0.4, -0.2) is 19.5 Å². The minimum absolute atomic E-state index is 0.225. The van der Waals surface area contributed by atoms with Crippen molar-refractivity contribution < 1.29 is 0 Å². The summed E-state index contributed by atoms with van der Waals surface area (Å²) in [7, 11) is 0. The molecular weight excluding hydrogens is 274 g/mol. The molecule has 0 fully saturated rings. The van der Waals surface area contributed by atoms with Crippen molar-refractivity contribution in [2.75, 3.05) is 5.32 Å². The van der Waals surface area contributed by atoms with Crippen LogP contribution in [0.3, 0.4) is 0 Å². The lowest BCUT2D eigenvalue weighted by molar-refractivity contribution is 0.777. The van der Waals surface area contributed by atoms with E-state index in [1.165, 1.54) is 5.56 Å². The highest BCUT2D eigenvalue weighted by atomic mass is 35.5. The van der Waals surface area contributed by atoms with Gasteiger partial charge in [-0.15, -0.1) is 0 Å². The molecule has 2 heterocycles. The predicted octanol–water partition coefficient (Wildman–Crippen LogP) is 3.11. The lowest BCUT2D eigenvalue weighted by Gasteiger charge is -2.07. The Bertz CT molecular complexity index is 723. The van der Waals surface area contributed by atoms with Gasteiger partial charge < -0.3 is 9.88 Å². The normalized spacial score (nSPS) is 10.9. The zero-order valence-electron chi connectivity index (χ0n) is 11.0. The quantitative estimate of drug-likeness (QED) is 0.749. The summed E-state index contributed by atoms with van der Waals surface area (Å²) in [6.45, 7) is 3.50. The van der Waals surface area contributed by atoms with Crippen LogP contribution in [0.5, 0.6) is 0 Å². The van der Waals surface area contributed by atoms with Crippen LogP contribution in [0.2, 0.25) is 5.28 Å². The van der Waals surface area contributed by atoms with Crippen LogP contribution in [0.1, 0.15) is 12.5 Å². The van der Waals surface area contributed by atoms with Crippen molar-refractivity contribution in [1.29, 1.82) is 0 Å². The zero-order valence-corrected chi connectivity index (χ0v) is 11.8. The number of aromatic nitrogens is 4. The molecule has 0 aliphatic carbocycles.